The third-order valence-electron chi connectivity index (χ3n) is 7.37. The third kappa shape index (κ3) is 5.78. The second kappa shape index (κ2) is 11.4. The summed E-state index contributed by atoms with van der Waals surface area (Å²) in [5.74, 6) is -0.170. The van der Waals surface area contributed by atoms with Crippen LogP contribution in [0.2, 0.25) is 0 Å². The first-order valence-corrected chi connectivity index (χ1v) is 13.6. The summed E-state index contributed by atoms with van der Waals surface area (Å²) in [4.78, 5) is 20.1. The van der Waals surface area contributed by atoms with Crippen molar-refractivity contribution in [2.75, 3.05) is 31.1 Å². The number of halogens is 4. The molecular formula is C31H27F4N5O2. The van der Waals surface area contributed by atoms with Gasteiger partial charge in [0.15, 0.2) is 0 Å². The van der Waals surface area contributed by atoms with Crippen LogP contribution < -0.4 is 15.6 Å². The van der Waals surface area contributed by atoms with Crippen molar-refractivity contribution in [1.82, 2.24) is 20.0 Å². The first-order valence-electron chi connectivity index (χ1n) is 13.6. The lowest BCUT2D eigenvalue weighted by Crippen LogP contribution is -2.29. The summed E-state index contributed by atoms with van der Waals surface area (Å²) < 4.78 is 62.2. The lowest BCUT2D eigenvalue weighted by Gasteiger charge is -2.24. The Morgan fingerprint density at radius 2 is 1.74 bits per heavy atom. The van der Waals surface area contributed by atoms with E-state index < -0.39 is 23.0 Å². The van der Waals surface area contributed by atoms with Crippen LogP contribution >= 0.6 is 0 Å². The average Bonchev–Trinajstić information content (AvgIpc) is 3.26. The maximum Gasteiger partial charge on any atom is 0.416 e. The number of pyridine rings is 1. The van der Waals surface area contributed by atoms with Crippen LogP contribution in [0.3, 0.4) is 0 Å². The summed E-state index contributed by atoms with van der Waals surface area (Å²) in [6.45, 7) is 2.88. The Bertz CT molecular complexity index is 1760. The van der Waals surface area contributed by atoms with Crippen molar-refractivity contribution in [1.29, 1.82) is 0 Å². The Hall–Kier alpha value is -4.51. The van der Waals surface area contributed by atoms with Crippen molar-refractivity contribution in [3.63, 3.8) is 0 Å². The molecule has 3 heterocycles. The van der Waals surface area contributed by atoms with Crippen LogP contribution in [0.25, 0.3) is 22.3 Å². The number of nitrogens with zero attached hydrogens (tertiary/aromatic N) is 4. The minimum atomic E-state index is -4.46. The molecule has 5 aromatic rings. The van der Waals surface area contributed by atoms with Gasteiger partial charge in [0.05, 0.1) is 28.8 Å². The molecule has 7 nitrogen and oxygen atoms in total. The van der Waals surface area contributed by atoms with Gasteiger partial charge in [-0.25, -0.2) is 4.39 Å². The highest BCUT2D eigenvalue weighted by molar-refractivity contribution is 5.86. The first kappa shape index (κ1) is 27.6. The van der Waals surface area contributed by atoms with E-state index in [4.69, 9.17) is 4.52 Å². The quantitative estimate of drug-likeness (QED) is 0.263. The third-order valence-corrected chi connectivity index (χ3v) is 7.37. The van der Waals surface area contributed by atoms with Gasteiger partial charge in [0, 0.05) is 37.8 Å². The average molecular weight is 578 g/mol. The van der Waals surface area contributed by atoms with Crippen LogP contribution in [0.15, 0.2) is 82.2 Å². The predicted octanol–water partition coefficient (Wildman–Crippen LogP) is 5.65. The van der Waals surface area contributed by atoms with Gasteiger partial charge < -0.3 is 19.3 Å². The SMILES string of the molecule is O=c1c(-c2noc(Cc3ccccc3)n2)cn(Cc2ccc(C(F)(F)F)cc2)c2cc(N3CCCNCC3)c(F)cc12. The number of fused-ring (bicyclic) bond motifs is 1. The molecule has 6 rings (SSSR count). The molecule has 0 amide bonds. The van der Waals surface area contributed by atoms with Gasteiger partial charge in [-0.05, 0) is 48.4 Å². The van der Waals surface area contributed by atoms with Gasteiger partial charge in [-0.1, -0.05) is 47.6 Å². The molecule has 1 saturated heterocycles. The number of anilines is 1. The van der Waals surface area contributed by atoms with Crippen LogP contribution in [0.4, 0.5) is 23.2 Å². The van der Waals surface area contributed by atoms with Gasteiger partial charge in [0.2, 0.25) is 17.1 Å². The van der Waals surface area contributed by atoms with E-state index in [9.17, 15) is 18.0 Å². The number of alkyl halides is 3. The lowest BCUT2D eigenvalue weighted by molar-refractivity contribution is -0.137. The van der Waals surface area contributed by atoms with Crippen molar-refractivity contribution < 1.29 is 22.1 Å². The van der Waals surface area contributed by atoms with Crippen LogP contribution in [0.1, 0.15) is 29.0 Å². The number of hydrogen-bond acceptors (Lipinski definition) is 6. The highest BCUT2D eigenvalue weighted by atomic mass is 19.4. The van der Waals surface area contributed by atoms with Crippen LogP contribution in [-0.2, 0) is 19.1 Å². The summed E-state index contributed by atoms with van der Waals surface area (Å²) in [5, 5.41) is 7.43. The van der Waals surface area contributed by atoms with E-state index in [2.05, 4.69) is 15.5 Å². The predicted molar refractivity (Wildman–Crippen MR) is 151 cm³/mol. The minimum absolute atomic E-state index is 0.0528. The molecule has 0 bridgehead atoms. The molecule has 11 heteroatoms. The monoisotopic (exact) mass is 577 g/mol. The molecule has 0 unspecified atom stereocenters. The number of aromatic nitrogens is 3. The fraction of sp³-hybridized carbons (Fsp3) is 0.258. The molecule has 216 valence electrons. The number of benzene rings is 3. The molecular weight excluding hydrogens is 550 g/mol. The minimum Gasteiger partial charge on any atom is -0.368 e. The van der Waals surface area contributed by atoms with E-state index >= 15 is 4.39 Å². The fourth-order valence-electron chi connectivity index (χ4n) is 5.22. The fourth-order valence-corrected chi connectivity index (χ4v) is 5.22. The summed E-state index contributed by atoms with van der Waals surface area (Å²) >= 11 is 0. The van der Waals surface area contributed by atoms with Crippen molar-refractivity contribution in [3.05, 3.63) is 112 Å². The molecule has 0 spiro atoms. The normalized spacial score (nSPS) is 14.3. The Morgan fingerprint density at radius 3 is 2.50 bits per heavy atom. The number of nitrogens with one attached hydrogen (secondary N) is 1. The van der Waals surface area contributed by atoms with E-state index in [0.717, 1.165) is 30.7 Å². The second-order valence-electron chi connectivity index (χ2n) is 10.3. The molecule has 0 aliphatic carbocycles. The Balaban J connectivity index is 1.45. The number of rotatable bonds is 6. The molecule has 1 aliphatic heterocycles. The molecule has 2 aromatic heterocycles. The van der Waals surface area contributed by atoms with Crippen molar-refractivity contribution >= 4 is 16.6 Å². The highest BCUT2D eigenvalue weighted by Crippen LogP contribution is 2.30. The Morgan fingerprint density at radius 1 is 0.952 bits per heavy atom. The molecule has 3 aromatic carbocycles. The molecule has 1 fully saturated rings. The van der Waals surface area contributed by atoms with E-state index in [1.165, 1.54) is 18.2 Å². The maximum atomic E-state index is 15.5. The topological polar surface area (TPSA) is 76.2 Å². The standard InChI is InChI=1S/C31H27F4N5O2/c32-25-16-23-26(17-27(25)39-13-4-11-36-12-14-39)40(18-21-7-9-22(10-8-21)31(33,34)35)19-24(29(23)41)30-37-28(42-38-30)15-20-5-2-1-3-6-20/h1-3,5-10,16-17,19,36H,4,11-15,18H2. The zero-order valence-electron chi connectivity index (χ0n) is 22.5. The van der Waals surface area contributed by atoms with Gasteiger partial charge in [0.25, 0.3) is 0 Å². The second-order valence-corrected chi connectivity index (χ2v) is 10.3. The van der Waals surface area contributed by atoms with E-state index in [1.54, 1.807) is 16.8 Å². The van der Waals surface area contributed by atoms with E-state index in [0.29, 0.717) is 48.7 Å². The number of hydrogen-bond donors (Lipinski definition) is 1. The highest BCUT2D eigenvalue weighted by Gasteiger charge is 2.30. The largest absolute Gasteiger partial charge is 0.416 e. The van der Waals surface area contributed by atoms with Gasteiger partial charge >= 0.3 is 6.18 Å². The molecule has 0 atom stereocenters. The molecule has 1 aliphatic rings. The zero-order chi connectivity index (χ0) is 29.3. The van der Waals surface area contributed by atoms with Gasteiger partial charge in [-0.15, -0.1) is 0 Å². The molecule has 0 radical (unpaired) electrons. The zero-order valence-corrected chi connectivity index (χ0v) is 22.5. The van der Waals surface area contributed by atoms with Crippen molar-refractivity contribution in [3.8, 4) is 11.4 Å². The Kier molecular flexibility index (Phi) is 7.51. The summed E-state index contributed by atoms with van der Waals surface area (Å²) in [6, 6.07) is 17.2. The lowest BCUT2D eigenvalue weighted by atomic mass is 10.1. The smallest absolute Gasteiger partial charge is 0.368 e. The van der Waals surface area contributed by atoms with Crippen LogP contribution in [-0.4, -0.2) is 40.9 Å². The molecule has 42 heavy (non-hydrogen) atoms. The molecule has 0 saturated carbocycles. The summed E-state index contributed by atoms with van der Waals surface area (Å²) in [5.41, 5.74) is 1.21. The van der Waals surface area contributed by atoms with Crippen LogP contribution in [0.5, 0.6) is 0 Å². The Labute approximate surface area is 238 Å². The molecule has 1 N–H and O–H groups in total. The maximum absolute atomic E-state index is 15.5. The summed E-state index contributed by atoms with van der Waals surface area (Å²) in [6.07, 6.45) is -1.70. The van der Waals surface area contributed by atoms with E-state index in [1.807, 2.05) is 35.2 Å². The van der Waals surface area contributed by atoms with Gasteiger partial charge in [-0.2, -0.15) is 18.2 Å². The van der Waals surface area contributed by atoms with Crippen LogP contribution in [0, 0.1) is 5.82 Å². The van der Waals surface area contributed by atoms with Gasteiger partial charge in [-0.3, -0.25) is 4.79 Å². The van der Waals surface area contributed by atoms with Crippen molar-refractivity contribution in [2.45, 2.75) is 25.6 Å². The van der Waals surface area contributed by atoms with Crippen molar-refractivity contribution in [2.24, 2.45) is 0 Å². The first-order chi connectivity index (χ1) is 20.3. The summed E-state index contributed by atoms with van der Waals surface area (Å²) in [7, 11) is 0. The van der Waals surface area contributed by atoms with E-state index in [-0.39, 0.29) is 23.3 Å². The van der Waals surface area contributed by atoms with Gasteiger partial charge in [0.1, 0.15) is 5.82 Å².